The van der Waals surface area contributed by atoms with Gasteiger partial charge in [0.1, 0.15) is 0 Å². The fraction of sp³-hybridized carbons (Fsp3) is 0.222. The first-order valence-corrected chi connectivity index (χ1v) is 3.85. The number of aromatic hydroxyl groups is 3. The van der Waals surface area contributed by atoms with Gasteiger partial charge in [0.05, 0.1) is 5.56 Å². The first-order valence-electron chi connectivity index (χ1n) is 3.85. The first kappa shape index (κ1) is 10.2. The summed E-state index contributed by atoms with van der Waals surface area (Å²) < 4.78 is 0. The Bertz CT molecular complexity index is 379. The molecule has 0 saturated heterocycles. The molecule has 1 aromatic rings. The van der Waals surface area contributed by atoms with Crippen LogP contribution in [0, 0.1) is 13.8 Å². The molecule has 0 aliphatic heterocycles. The number of carboxylic acids is 1. The minimum absolute atomic E-state index is 0.0327. The highest BCUT2D eigenvalue weighted by atomic mass is 16.4. The minimum atomic E-state index is -1.26. The normalized spacial score (nSPS) is 10.1. The van der Waals surface area contributed by atoms with Crippen LogP contribution in [0.3, 0.4) is 0 Å². The molecule has 0 saturated carbocycles. The molecule has 14 heavy (non-hydrogen) atoms. The Kier molecular flexibility index (Phi) is 2.25. The van der Waals surface area contributed by atoms with E-state index in [1.54, 1.807) is 0 Å². The maximum atomic E-state index is 10.8. The van der Waals surface area contributed by atoms with Crippen LogP contribution in [-0.4, -0.2) is 26.4 Å². The third kappa shape index (κ3) is 1.22. The molecule has 0 amide bonds. The molecule has 1 rings (SSSR count). The van der Waals surface area contributed by atoms with E-state index in [-0.39, 0.29) is 16.7 Å². The van der Waals surface area contributed by atoms with Crippen LogP contribution in [0.15, 0.2) is 0 Å². The quantitative estimate of drug-likeness (QED) is 0.507. The summed E-state index contributed by atoms with van der Waals surface area (Å²) in [6.45, 7) is 2.70. The van der Waals surface area contributed by atoms with Gasteiger partial charge in [0.25, 0.3) is 0 Å². The number of phenols is 3. The molecule has 0 aliphatic rings. The highest BCUT2D eigenvalue weighted by Gasteiger charge is 2.22. The van der Waals surface area contributed by atoms with Gasteiger partial charge in [0.15, 0.2) is 11.5 Å². The fourth-order valence-corrected chi connectivity index (χ4v) is 1.31. The van der Waals surface area contributed by atoms with Crippen molar-refractivity contribution in [2.24, 2.45) is 0 Å². The Hall–Kier alpha value is -1.91. The van der Waals surface area contributed by atoms with Crippen LogP contribution in [0.1, 0.15) is 21.5 Å². The van der Waals surface area contributed by atoms with Crippen molar-refractivity contribution in [3.05, 3.63) is 16.7 Å². The standard InChI is InChI=1S/C9H10O5/c1-3-5(9(13)14)4(2)7(11)8(12)6(3)10/h10-12H,1-2H3,(H,13,14). The van der Waals surface area contributed by atoms with E-state index in [2.05, 4.69) is 0 Å². The van der Waals surface area contributed by atoms with E-state index in [4.69, 9.17) is 5.11 Å². The Morgan fingerprint density at radius 3 is 1.57 bits per heavy atom. The summed E-state index contributed by atoms with van der Waals surface area (Å²) in [7, 11) is 0. The van der Waals surface area contributed by atoms with Gasteiger partial charge < -0.3 is 20.4 Å². The zero-order chi connectivity index (χ0) is 11.0. The number of phenolic OH excluding ortho intramolecular Hbond substituents is 3. The second-order valence-electron chi connectivity index (χ2n) is 2.98. The molecule has 4 N–H and O–H groups in total. The van der Waals surface area contributed by atoms with E-state index in [0.717, 1.165) is 0 Å². The third-order valence-electron chi connectivity index (χ3n) is 2.12. The predicted octanol–water partition coefficient (Wildman–Crippen LogP) is 1.12. The van der Waals surface area contributed by atoms with Gasteiger partial charge in [-0.3, -0.25) is 0 Å². The van der Waals surface area contributed by atoms with Gasteiger partial charge in [-0.15, -0.1) is 0 Å². The molecular formula is C9H10O5. The van der Waals surface area contributed by atoms with E-state index in [1.165, 1.54) is 13.8 Å². The summed E-state index contributed by atoms with van der Waals surface area (Å²) in [5.74, 6) is -3.16. The number of hydrogen-bond donors (Lipinski definition) is 4. The Morgan fingerprint density at radius 2 is 1.29 bits per heavy atom. The van der Waals surface area contributed by atoms with Crippen LogP contribution in [-0.2, 0) is 0 Å². The molecule has 0 aromatic heterocycles. The van der Waals surface area contributed by atoms with Crippen LogP contribution in [0.25, 0.3) is 0 Å². The minimum Gasteiger partial charge on any atom is -0.504 e. The molecule has 5 heteroatoms. The van der Waals surface area contributed by atoms with Crippen molar-refractivity contribution in [1.29, 1.82) is 0 Å². The molecule has 0 spiro atoms. The lowest BCUT2D eigenvalue weighted by Crippen LogP contribution is -2.03. The van der Waals surface area contributed by atoms with Crippen LogP contribution >= 0.6 is 0 Å². The van der Waals surface area contributed by atoms with Crippen molar-refractivity contribution in [3.8, 4) is 17.2 Å². The second kappa shape index (κ2) is 3.10. The lowest BCUT2D eigenvalue weighted by molar-refractivity contribution is 0.0694. The Labute approximate surface area is 79.9 Å². The number of rotatable bonds is 1. The molecule has 0 aliphatic carbocycles. The lowest BCUT2D eigenvalue weighted by Gasteiger charge is -2.11. The zero-order valence-electron chi connectivity index (χ0n) is 7.70. The summed E-state index contributed by atoms with van der Waals surface area (Å²) in [6, 6.07) is 0. The average molecular weight is 198 g/mol. The number of aromatic carboxylic acids is 1. The number of benzene rings is 1. The lowest BCUT2D eigenvalue weighted by atomic mass is 10.00. The summed E-state index contributed by atoms with van der Waals surface area (Å²) in [5.41, 5.74) is -0.131. The van der Waals surface area contributed by atoms with Crippen molar-refractivity contribution in [3.63, 3.8) is 0 Å². The van der Waals surface area contributed by atoms with Crippen LogP contribution in [0.4, 0.5) is 0 Å². The Morgan fingerprint density at radius 1 is 0.929 bits per heavy atom. The molecule has 0 bridgehead atoms. The summed E-state index contributed by atoms with van der Waals surface area (Å²) in [4.78, 5) is 10.8. The van der Waals surface area contributed by atoms with Crippen molar-refractivity contribution >= 4 is 5.97 Å². The number of hydrogen-bond acceptors (Lipinski definition) is 4. The van der Waals surface area contributed by atoms with Crippen LogP contribution in [0.2, 0.25) is 0 Å². The zero-order valence-corrected chi connectivity index (χ0v) is 7.70. The van der Waals surface area contributed by atoms with Gasteiger partial charge >= 0.3 is 5.97 Å². The summed E-state index contributed by atoms with van der Waals surface area (Å²) in [6.07, 6.45) is 0. The average Bonchev–Trinajstić information content (AvgIpc) is 2.11. The molecule has 1 aromatic carbocycles. The van der Waals surface area contributed by atoms with Gasteiger partial charge in [-0.05, 0) is 13.8 Å². The highest BCUT2D eigenvalue weighted by Crippen LogP contribution is 2.42. The third-order valence-corrected chi connectivity index (χ3v) is 2.12. The maximum Gasteiger partial charge on any atom is 0.336 e. The molecule has 5 nitrogen and oxygen atoms in total. The van der Waals surface area contributed by atoms with Gasteiger partial charge in [-0.1, -0.05) is 0 Å². The van der Waals surface area contributed by atoms with E-state index >= 15 is 0 Å². The maximum absolute atomic E-state index is 10.8. The topological polar surface area (TPSA) is 98.0 Å². The monoisotopic (exact) mass is 198 g/mol. The van der Waals surface area contributed by atoms with Crippen LogP contribution < -0.4 is 0 Å². The summed E-state index contributed by atoms with van der Waals surface area (Å²) in [5, 5.41) is 36.5. The van der Waals surface area contributed by atoms with E-state index < -0.39 is 23.2 Å². The van der Waals surface area contributed by atoms with Gasteiger partial charge in [-0.25, -0.2) is 4.79 Å². The van der Waals surface area contributed by atoms with E-state index in [9.17, 15) is 20.1 Å². The Balaban J connectivity index is 3.68. The fourth-order valence-electron chi connectivity index (χ4n) is 1.31. The first-order chi connectivity index (χ1) is 6.37. The molecule has 0 atom stereocenters. The second-order valence-corrected chi connectivity index (χ2v) is 2.98. The van der Waals surface area contributed by atoms with Gasteiger partial charge in [-0.2, -0.15) is 0 Å². The SMILES string of the molecule is Cc1c(O)c(O)c(O)c(C)c1C(=O)O. The van der Waals surface area contributed by atoms with E-state index in [1.807, 2.05) is 0 Å². The highest BCUT2D eigenvalue weighted by molar-refractivity contribution is 5.93. The van der Waals surface area contributed by atoms with Gasteiger partial charge in [0, 0.05) is 11.1 Å². The van der Waals surface area contributed by atoms with Crippen molar-refractivity contribution in [2.45, 2.75) is 13.8 Å². The summed E-state index contributed by atoms with van der Waals surface area (Å²) >= 11 is 0. The molecular weight excluding hydrogens is 188 g/mol. The van der Waals surface area contributed by atoms with Gasteiger partial charge in [0.2, 0.25) is 5.75 Å². The molecule has 76 valence electrons. The molecule has 0 radical (unpaired) electrons. The van der Waals surface area contributed by atoms with Crippen molar-refractivity contribution < 1.29 is 25.2 Å². The predicted molar refractivity (Wildman–Crippen MR) is 47.9 cm³/mol. The number of carbonyl (C=O) groups is 1. The smallest absolute Gasteiger partial charge is 0.336 e. The molecule has 0 heterocycles. The molecule has 0 fully saturated rings. The van der Waals surface area contributed by atoms with Crippen molar-refractivity contribution in [1.82, 2.24) is 0 Å². The number of carboxylic acid groups (broad SMARTS) is 1. The van der Waals surface area contributed by atoms with E-state index in [0.29, 0.717) is 0 Å². The van der Waals surface area contributed by atoms with Crippen molar-refractivity contribution in [2.75, 3.05) is 0 Å². The molecule has 0 unspecified atom stereocenters. The van der Waals surface area contributed by atoms with Crippen LogP contribution in [0.5, 0.6) is 17.2 Å². The largest absolute Gasteiger partial charge is 0.504 e.